The Morgan fingerprint density at radius 2 is 1.58 bits per heavy atom. The van der Waals surface area contributed by atoms with Crippen molar-refractivity contribution < 1.29 is 23.8 Å². The lowest BCUT2D eigenvalue weighted by molar-refractivity contribution is 0.0523. The summed E-state index contributed by atoms with van der Waals surface area (Å²) in [7, 11) is 3.17. The van der Waals surface area contributed by atoms with E-state index in [0.29, 0.717) is 36.6 Å². The molecule has 31 heavy (non-hydrogen) atoms. The summed E-state index contributed by atoms with van der Waals surface area (Å²) in [6.45, 7) is 6.22. The van der Waals surface area contributed by atoms with E-state index in [1.807, 2.05) is 32.9 Å². The zero-order chi connectivity index (χ0) is 23.0. The first kappa shape index (κ1) is 24.5. The number of rotatable bonds is 8. The van der Waals surface area contributed by atoms with Crippen LogP contribution in [0, 0.1) is 0 Å². The van der Waals surface area contributed by atoms with Crippen LogP contribution in [-0.4, -0.2) is 38.4 Å². The fraction of sp³-hybridized carbons (Fsp3) is 0.391. The van der Waals surface area contributed by atoms with E-state index in [0.717, 1.165) is 15.6 Å². The van der Waals surface area contributed by atoms with E-state index in [1.54, 1.807) is 38.5 Å². The lowest BCUT2D eigenvalue weighted by Gasteiger charge is -2.19. The van der Waals surface area contributed by atoms with Crippen molar-refractivity contribution >= 4 is 27.9 Å². The van der Waals surface area contributed by atoms with Gasteiger partial charge < -0.3 is 24.8 Å². The lowest BCUT2D eigenvalue weighted by atomic mass is 10.1. The Hall–Kier alpha value is -2.74. The van der Waals surface area contributed by atoms with Crippen LogP contribution in [0.5, 0.6) is 11.5 Å². The monoisotopic (exact) mass is 492 g/mol. The average Bonchev–Trinajstić information content (AvgIpc) is 2.72. The fourth-order valence-corrected chi connectivity index (χ4v) is 3.28. The van der Waals surface area contributed by atoms with Gasteiger partial charge in [0.2, 0.25) is 0 Å². The predicted molar refractivity (Wildman–Crippen MR) is 123 cm³/mol. The molecule has 2 aromatic carbocycles. The Morgan fingerprint density at radius 3 is 2.16 bits per heavy atom. The van der Waals surface area contributed by atoms with Crippen LogP contribution < -0.4 is 20.1 Å². The summed E-state index contributed by atoms with van der Waals surface area (Å²) in [4.78, 5) is 24.1. The quantitative estimate of drug-likeness (QED) is 0.567. The van der Waals surface area contributed by atoms with Crippen molar-refractivity contribution in [3.05, 3.63) is 57.6 Å². The smallest absolute Gasteiger partial charge is 0.407 e. The number of ether oxygens (including phenoxy) is 3. The van der Waals surface area contributed by atoms with Crippen molar-refractivity contribution in [3.63, 3.8) is 0 Å². The summed E-state index contributed by atoms with van der Waals surface area (Å²) in [5.74, 6) is 1.12. The molecule has 0 saturated carbocycles. The van der Waals surface area contributed by atoms with Crippen LogP contribution in [0.15, 0.2) is 40.9 Å². The Morgan fingerprint density at radius 1 is 0.968 bits per heavy atom. The molecular formula is C23H29BrN2O5. The van der Waals surface area contributed by atoms with Gasteiger partial charge in [0, 0.05) is 23.1 Å². The largest absolute Gasteiger partial charge is 0.493 e. The molecule has 0 aliphatic rings. The van der Waals surface area contributed by atoms with Crippen molar-refractivity contribution in [1.29, 1.82) is 0 Å². The van der Waals surface area contributed by atoms with Gasteiger partial charge >= 0.3 is 6.09 Å². The molecule has 7 nitrogen and oxygen atoms in total. The highest BCUT2D eigenvalue weighted by atomic mass is 79.9. The Bertz CT molecular complexity index is 907. The van der Waals surface area contributed by atoms with Crippen molar-refractivity contribution in [1.82, 2.24) is 10.6 Å². The number of hydrogen-bond donors (Lipinski definition) is 2. The normalized spacial score (nSPS) is 10.9. The molecule has 0 aromatic heterocycles. The predicted octanol–water partition coefficient (Wildman–Crippen LogP) is 4.46. The van der Waals surface area contributed by atoms with Gasteiger partial charge in [0.15, 0.2) is 11.5 Å². The van der Waals surface area contributed by atoms with Crippen molar-refractivity contribution in [2.45, 2.75) is 39.3 Å². The number of methoxy groups -OCH3 is 2. The van der Waals surface area contributed by atoms with E-state index in [1.165, 1.54) is 0 Å². The second kappa shape index (κ2) is 11.0. The van der Waals surface area contributed by atoms with E-state index < -0.39 is 11.7 Å². The van der Waals surface area contributed by atoms with Gasteiger partial charge in [-0.1, -0.05) is 28.1 Å². The highest BCUT2D eigenvalue weighted by Crippen LogP contribution is 2.33. The van der Waals surface area contributed by atoms with Gasteiger partial charge in [-0.25, -0.2) is 4.79 Å². The molecule has 0 unspecified atom stereocenters. The fourth-order valence-electron chi connectivity index (χ4n) is 2.76. The van der Waals surface area contributed by atoms with Crippen LogP contribution in [0.1, 0.15) is 42.3 Å². The molecule has 0 heterocycles. The van der Waals surface area contributed by atoms with E-state index in [4.69, 9.17) is 14.2 Å². The third-order valence-corrected chi connectivity index (χ3v) is 5.02. The lowest BCUT2D eigenvalue weighted by Crippen LogP contribution is -2.32. The van der Waals surface area contributed by atoms with Crippen LogP contribution >= 0.6 is 15.9 Å². The van der Waals surface area contributed by atoms with Crippen LogP contribution in [0.2, 0.25) is 0 Å². The van der Waals surface area contributed by atoms with E-state index >= 15 is 0 Å². The molecule has 2 aromatic rings. The molecule has 2 N–H and O–H groups in total. The molecule has 0 bridgehead atoms. The number of amides is 2. The number of hydrogen-bond acceptors (Lipinski definition) is 5. The molecule has 2 amide bonds. The van der Waals surface area contributed by atoms with E-state index in [9.17, 15) is 9.59 Å². The third kappa shape index (κ3) is 7.79. The highest BCUT2D eigenvalue weighted by molar-refractivity contribution is 9.10. The van der Waals surface area contributed by atoms with E-state index in [-0.39, 0.29) is 5.91 Å². The zero-order valence-electron chi connectivity index (χ0n) is 18.5. The molecule has 0 saturated heterocycles. The van der Waals surface area contributed by atoms with Gasteiger partial charge in [0.05, 0.1) is 14.2 Å². The summed E-state index contributed by atoms with van der Waals surface area (Å²) in [6.07, 6.45) is 0.153. The van der Waals surface area contributed by atoms with Crippen molar-refractivity contribution in [3.8, 4) is 11.5 Å². The van der Waals surface area contributed by atoms with Crippen molar-refractivity contribution in [2.24, 2.45) is 0 Å². The van der Waals surface area contributed by atoms with Crippen LogP contribution in [-0.2, 0) is 17.7 Å². The summed E-state index contributed by atoms with van der Waals surface area (Å²) < 4.78 is 16.7. The Labute approximate surface area is 191 Å². The maximum atomic E-state index is 12.4. The molecular weight excluding hydrogens is 464 g/mol. The molecule has 0 atom stereocenters. The van der Waals surface area contributed by atoms with Gasteiger partial charge in [-0.05, 0) is 62.6 Å². The number of nitrogens with one attached hydrogen (secondary N) is 2. The number of alkyl carbamates (subject to hydrolysis) is 1. The van der Waals surface area contributed by atoms with E-state index in [2.05, 4.69) is 26.6 Å². The van der Waals surface area contributed by atoms with Gasteiger partial charge in [-0.15, -0.1) is 0 Å². The van der Waals surface area contributed by atoms with Crippen LogP contribution in [0.4, 0.5) is 4.79 Å². The minimum Gasteiger partial charge on any atom is -0.493 e. The standard InChI is InChI=1S/C23H29BrN2O5/c1-23(2,3)31-22(28)26-14-15-6-8-16(9-7-15)21(27)25-11-10-17-12-19(29-4)20(30-5)13-18(17)24/h6-9,12-13H,10-11,14H2,1-5H3,(H,25,27)(H,26,28). The summed E-state index contributed by atoms with van der Waals surface area (Å²) in [5, 5.41) is 5.61. The maximum Gasteiger partial charge on any atom is 0.407 e. The summed E-state index contributed by atoms with van der Waals surface area (Å²) >= 11 is 3.53. The van der Waals surface area contributed by atoms with Crippen LogP contribution in [0.3, 0.4) is 0 Å². The second-order valence-electron chi connectivity index (χ2n) is 7.86. The zero-order valence-corrected chi connectivity index (χ0v) is 20.1. The third-order valence-electron chi connectivity index (χ3n) is 4.28. The highest BCUT2D eigenvalue weighted by Gasteiger charge is 2.16. The number of carbonyl (C=O) groups is 2. The SMILES string of the molecule is COc1cc(Br)c(CCNC(=O)c2ccc(CNC(=O)OC(C)(C)C)cc2)cc1OC. The van der Waals surface area contributed by atoms with Gasteiger partial charge in [-0.3, -0.25) is 4.79 Å². The first-order chi connectivity index (χ1) is 14.6. The minimum absolute atomic E-state index is 0.164. The minimum atomic E-state index is -0.543. The van der Waals surface area contributed by atoms with Crippen LogP contribution in [0.25, 0.3) is 0 Å². The van der Waals surface area contributed by atoms with Gasteiger partial charge in [0.25, 0.3) is 5.91 Å². The molecule has 0 radical (unpaired) electrons. The molecule has 168 valence electrons. The molecule has 0 fully saturated rings. The number of carbonyl (C=O) groups excluding carboxylic acids is 2. The summed E-state index contributed by atoms with van der Waals surface area (Å²) in [5.41, 5.74) is 1.88. The van der Waals surface area contributed by atoms with Crippen molar-refractivity contribution in [2.75, 3.05) is 20.8 Å². The maximum absolute atomic E-state index is 12.4. The molecule has 8 heteroatoms. The second-order valence-corrected chi connectivity index (χ2v) is 8.71. The molecule has 2 rings (SSSR count). The number of halogens is 1. The van der Waals surface area contributed by atoms with Gasteiger partial charge in [-0.2, -0.15) is 0 Å². The Kier molecular flexibility index (Phi) is 8.74. The molecule has 0 aliphatic heterocycles. The first-order valence-electron chi connectivity index (χ1n) is 9.87. The topological polar surface area (TPSA) is 85.9 Å². The molecule has 0 aliphatic carbocycles. The first-order valence-corrected chi connectivity index (χ1v) is 10.7. The average molecular weight is 493 g/mol. The summed E-state index contributed by atoms with van der Waals surface area (Å²) in [6, 6.07) is 10.8. The Balaban J connectivity index is 1.86. The molecule has 0 spiro atoms. The number of benzene rings is 2. The van der Waals surface area contributed by atoms with Gasteiger partial charge in [0.1, 0.15) is 5.60 Å².